The van der Waals surface area contributed by atoms with Gasteiger partial charge >= 0.3 is 0 Å². The van der Waals surface area contributed by atoms with Gasteiger partial charge in [-0.15, -0.1) is 0 Å². The molecule has 0 atom stereocenters. The number of nitrogens with two attached hydrogens (primary N) is 1. The molecule has 2 aromatic carbocycles. The Morgan fingerprint density at radius 1 is 0.944 bits per heavy atom. The summed E-state index contributed by atoms with van der Waals surface area (Å²) in [6.07, 6.45) is 1.56. The van der Waals surface area contributed by atoms with E-state index in [0.29, 0.717) is 51.7 Å². The fraction of sp³-hybridized carbons (Fsp3) is 0.120. The Morgan fingerprint density at radius 3 is 2.31 bits per heavy atom. The minimum absolute atomic E-state index is 0.0718. The Morgan fingerprint density at radius 2 is 1.64 bits per heavy atom. The summed E-state index contributed by atoms with van der Waals surface area (Å²) in [5.74, 6) is -0.195. The van der Waals surface area contributed by atoms with Crippen molar-refractivity contribution in [3.63, 3.8) is 0 Å². The molecule has 0 radical (unpaired) electrons. The van der Waals surface area contributed by atoms with E-state index in [-0.39, 0.29) is 16.7 Å². The van der Waals surface area contributed by atoms with Crippen molar-refractivity contribution in [3.8, 4) is 11.3 Å². The van der Waals surface area contributed by atoms with E-state index in [1.807, 2.05) is 0 Å². The second kappa shape index (κ2) is 8.40. The molecule has 2 aliphatic rings. The van der Waals surface area contributed by atoms with Gasteiger partial charge in [0.15, 0.2) is 0 Å². The largest absolute Gasteiger partial charge is 0.457 e. The van der Waals surface area contributed by atoms with Crippen molar-refractivity contribution in [2.24, 2.45) is 10.2 Å². The fourth-order valence-corrected chi connectivity index (χ4v) is 4.61. The van der Waals surface area contributed by atoms with Crippen LogP contribution in [-0.4, -0.2) is 43.3 Å². The van der Waals surface area contributed by atoms with Crippen molar-refractivity contribution in [2.45, 2.75) is 18.7 Å². The molecule has 0 spiro atoms. The lowest BCUT2D eigenvalue weighted by atomic mass is 10.0. The van der Waals surface area contributed by atoms with Gasteiger partial charge in [0.05, 0.1) is 33.0 Å². The fourth-order valence-electron chi connectivity index (χ4n) is 4.10. The van der Waals surface area contributed by atoms with Crippen LogP contribution in [0.5, 0.6) is 0 Å². The summed E-state index contributed by atoms with van der Waals surface area (Å²) in [7, 11) is -3.85. The van der Waals surface area contributed by atoms with Crippen LogP contribution in [0.3, 0.4) is 0 Å². The number of hydrogen-bond acceptors (Lipinski definition) is 7. The highest BCUT2D eigenvalue weighted by Crippen LogP contribution is 2.31. The summed E-state index contributed by atoms with van der Waals surface area (Å²) >= 11 is 0. The average Bonchev–Trinajstić information content (AvgIpc) is 3.50. The van der Waals surface area contributed by atoms with Gasteiger partial charge in [0.2, 0.25) is 10.0 Å². The normalized spacial score (nSPS) is 16.8. The summed E-state index contributed by atoms with van der Waals surface area (Å²) in [5.41, 5.74) is 2.45. The number of anilines is 1. The smallest absolute Gasteiger partial charge is 0.280 e. The zero-order valence-corrected chi connectivity index (χ0v) is 20.1. The van der Waals surface area contributed by atoms with E-state index in [1.54, 1.807) is 50.3 Å². The molecule has 0 aliphatic carbocycles. The number of carbonyl (C=O) groups excluding carboxylic acids is 3. The van der Waals surface area contributed by atoms with Crippen LogP contribution in [0.1, 0.15) is 40.3 Å². The summed E-state index contributed by atoms with van der Waals surface area (Å²) in [4.78, 5) is 39.0. The Labute approximate surface area is 206 Å². The SMILES string of the molecule is CCN1C(=O)c2ccc(-c3ccc(/C=C4\C(=O)N(c5ccc(S(N)(=O)=O)cc5)N=C4C)o3)cc2C1=O. The van der Waals surface area contributed by atoms with E-state index in [0.717, 1.165) is 0 Å². The first-order chi connectivity index (χ1) is 17.1. The van der Waals surface area contributed by atoms with Gasteiger partial charge < -0.3 is 4.42 Å². The number of benzene rings is 2. The Kier molecular flexibility index (Phi) is 5.46. The summed E-state index contributed by atoms with van der Waals surface area (Å²) in [6, 6.07) is 13.8. The number of sulfonamides is 1. The third-order valence-corrected chi connectivity index (χ3v) is 6.89. The van der Waals surface area contributed by atoms with Crippen molar-refractivity contribution in [3.05, 3.63) is 77.1 Å². The first-order valence-electron chi connectivity index (χ1n) is 10.9. The van der Waals surface area contributed by atoms with Crippen LogP contribution in [0.15, 0.2) is 74.6 Å². The second-order valence-corrected chi connectivity index (χ2v) is 9.78. The number of furan rings is 1. The van der Waals surface area contributed by atoms with E-state index in [2.05, 4.69) is 5.10 Å². The van der Waals surface area contributed by atoms with Gasteiger partial charge in [0.25, 0.3) is 17.7 Å². The quantitative estimate of drug-likeness (QED) is 0.418. The number of nitrogens with zero attached hydrogens (tertiary/aromatic N) is 3. The molecule has 3 amide bonds. The van der Waals surface area contributed by atoms with Gasteiger partial charge in [0, 0.05) is 12.1 Å². The minimum atomic E-state index is -3.85. The second-order valence-electron chi connectivity index (χ2n) is 8.22. The lowest BCUT2D eigenvalue weighted by Gasteiger charge is -2.11. The molecule has 3 aromatic rings. The van der Waals surface area contributed by atoms with Gasteiger partial charge in [-0.05, 0) is 68.5 Å². The molecular formula is C25H20N4O6S. The molecular weight excluding hydrogens is 484 g/mol. The van der Waals surface area contributed by atoms with E-state index >= 15 is 0 Å². The maximum Gasteiger partial charge on any atom is 0.280 e. The number of amides is 3. The number of fused-ring (bicyclic) bond motifs is 1. The van der Waals surface area contributed by atoms with Crippen LogP contribution in [-0.2, 0) is 14.8 Å². The monoisotopic (exact) mass is 504 g/mol. The molecule has 36 heavy (non-hydrogen) atoms. The highest BCUT2D eigenvalue weighted by molar-refractivity contribution is 7.89. The molecule has 182 valence electrons. The number of hydrazone groups is 1. The first-order valence-corrected chi connectivity index (χ1v) is 12.5. The van der Waals surface area contributed by atoms with Gasteiger partial charge in [-0.1, -0.05) is 6.07 Å². The van der Waals surface area contributed by atoms with Crippen molar-refractivity contribution in [1.29, 1.82) is 0 Å². The van der Waals surface area contributed by atoms with Crippen LogP contribution >= 0.6 is 0 Å². The van der Waals surface area contributed by atoms with Crippen LogP contribution < -0.4 is 10.1 Å². The predicted octanol–water partition coefficient (Wildman–Crippen LogP) is 3.02. The summed E-state index contributed by atoms with van der Waals surface area (Å²) in [6.45, 7) is 3.71. The predicted molar refractivity (Wildman–Crippen MR) is 132 cm³/mol. The van der Waals surface area contributed by atoms with Crippen molar-refractivity contribution >= 4 is 45.2 Å². The third kappa shape index (κ3) is 3.84. The van der Waals surface area contributed by atoms with Gasteiger partial charge in [-0.2, -0.15) is 10.1 Å². The number of rotatable bonds is 5. The molecule has 1 aromatic heterocycles. The van der Waals surface area contributed by atoms with Crippen molar-refractivity contribution in [1.82, 2.24) is 4.90 Å². The molecule has 10 nitrogen and oxygen atoms in total. The lowest BCUT2D eigenvalue weighted by molar-refractivity contribution is -0.114. The third-order valence-electron chi connectivity index (χ3n) is 5.96. The van der Waals surface area contributed by atoms with Crippen LogP contribution in [0, 0.1) is 0 Å². The zero-order chi connectivity index (χ0) is 25.8. The Balaban J connectivity index is 1.40. The maximum absolute atomic E-state index is 13.0. The standard InChI is InChI=1S/C25H20N4O6S/c1-3-28-23(30)19-10-4-15(12-21(19)24(28)31)22-11-7-17(35-22)13-20-14(2)27-29(25(20)32)16-5-8-18(9-6-16)36(26,33)34/h4-13H,3H2,1-2H3,(H2,26,33,34)/b20-13-. The van der Waals surface area contributed by atoms with E-state index in [9.17, 15) is 22.8 Å². The van der Waals surface area contributed by atoms with Gasteiger partial charge in [-0.3, -0.25) is 19.3 Å². The van der Waals surface area contributed by atoms with E-state index in [1.165, 1.54) is 34.2 Å². The van der Waals surface area contributed by atoms with Crippen molar-refractivity contribution < 1.29 is 27.2 Å². The highest BCUT2D eigenvalue weighted by Gasteiger charge is 2.34. The molecule has 0 fully saturated rings. The first kappa shape index (κ1) is 23.4. The number of carbonyl (C=O) groups is 3. The topological polar surface area (TPSA) is 143 Å². The molecule has 3 heterocycles. The lowest BCUT2D eigenvalue weighted by Crippen LogP contribution is -2.29. The molecule has 0 saturated heterocycles. The van der Waals surface area contributed by atoms with Gasteiger partial charge in [0.1, 0.15) is 11.5 Å². The molecule has 5 rings (SSSR count). The molecule has 0 bridgehead atoms. The van der Waals surface area contributed by atoms with E-state index in [4.69, 9.17) is 9.56 Å². The molecule has 11 heteroatoms. The minimum Gasteiger partial charge on any atom is -0.457 e. The van der Waals surface area contributed by atoms with Crippen LogP contribution in [0.25, 0.3) is 17.4 Å². The Hall–Kier alpha value is -4.35. The summed E-state index contributed by atoms with van der Waals surface area (Å²) in [5, 5.41) is 10.6. The van der Waals surface area contributed by atoms with Crippen LogP contribution in [0.2, 0.25) is 0 Å². The highest BCUT2D eigenvalue weighted by atomic mass is 32.2. The zero-order valence-electron chi connectivity index (χ0n) is 19.3. The maximum atomic E-state index is 13.0. The molecule has 2 aliphatic heterocycles. The molecule has 0 unspecified atom stereocenters. The summed E-state index contributed by atoms with van der Waals surface area (Å²) < 4.78 is 28.8. The number of primary sulfonamides is 1. The molecule has 0 saturated carbocycles. The van der Waals surface area contributed by atoms with Crippen LogP contribution in [0.4, 0.5) is 5.69 Å². The van der Waals surface area contributed by atoms with Gasteiger partial charge in [-0.25, -0.2) is 13.6 Å². The number of hydrogen-bond donors (Lipinski definition) is 1. The number of imide groups is 1. The van der Waals surface area contributed by atoms with E-state index < -0.39 is 15.9 Å². The Bertz CT molecular complexity index is 1620. The van der Waals surface area contributed by atoms with Crippen molar-refractivity contribution in [2.75, 3.05) is 11.6 Å². The average molecular weight is 505 g/mol. The molecule has 2 N–H and O–H groups in total.